The molecule has 35 heavy (non-hydrogen) atoms. The van der Waals surface area contributed by atoms with Crippen LogP contribution in [0.2, 0.25) is 0 Å². The van der Waals surface area contributed by atoms with Crippen LogP contribution in [-0.2, 0) is 0 Å². The number of anilines is 1. The van der Waals surface area contributed by atoms with E-state index in [-0.39, 0.29) is 0 Å². The molecule has 1 N–H and O–H groups in total. The number of nitrogens with one attached hydrogen (secondary N) is 1. The molecule has 5 aromatic rings. The third kappa shape index (κ3) is 5.01. The maximum atomic E-state index is 5.60. The predicted molar refractivity (Wildman–Crippen MR) is 151 cm³/mol. The Labute approximate surface area is 206 Å². The molecule has 0 saturated carbocycles. The quantitative estimate of drug-likeness (QED) is 0.128. The summed E-state index contributed by atoms with van der Waals surface area (Å²) in [4.78, 5) is 0. The Balaban J connectivity index is 1.83. The largest absolute Gasteiger partial charge is 0.276 e. The molecule has 3 nitrogen and oxygen atoms in total. The molecule has 0 spiro atoms. The van der Waals surface area contributed by atoms with Crippen LogP contribution >= 0.6 is 7.05 Å². The normalized spacial score (nSPS) is 11.6. The van der Waals surface area contributed by atoms with Crippen molar-refractivity contribution in [2.75, 3.05) is 5.43 Å². The number of hydrogen-bond donors (Lipinski definition) is 1. The molecule has 0 aromatic heterocycles. The minimum atomic E-state index is -2.44. The highest BCUT2D eigenvalue weighted by molar-refractivity contribution is 7.87. The Kier molecular flexibility index (Phi) is 6.98. The van der Waals surface area contributed by atoms with Crippen molar-refractivity contribution in [3.8, 4) is 0 Å². The second-order valence-corrected chi connectivity index (χ2v) is 11.0. The molecule has 0 unspecified atom stereocenters. The summed E-state index contributed by atoms with van der Waals surface area (Å²) in [6, 6.07) is 52.0. The van der Waals surface area contributed by atoms with Crippen molar-refractivity contribution in [3.05, 3.63) is 157 Å². The van der Waals surface area contributed by atoms with Gasteiger partial charge in [0, 0.05) is 21.5 Å². The van der Waals surface area contributed by atoms with Crippen LogP contribution in [0.5, 0.6) is 0 Å². The van der Waals surface area contributed by atoms with Gasteiger partial charge in [-0.15, -0.1) is 0 Å². The fourth-order valence-corrected chi connectivity index (χ4v) is 7.55. The Morgan fingerprint density at radius 3 is 1.26 bits per heavy atom. The molecule has 5 aromatic carbocycles. The molecule has 0 amide bonds. The van der Waals surface area contributed by atoms with Crippen molar-refractivity contribution in [2.24, 2.45) is 9.85 Å². The maximum Gasteiger partial charge on any atom is 0.178 e. The highest BCUT2D eigenvalue weighted by Crippen LogP contribution is 2.47. The maximum absolute atomic E-state index is 5.60. The van der Waals surface area contributed by atoms with Gasteiger partial charge in [0.2, 0.25) is 0 Å². The topological polar surface area (TPSA) is 36.8 Å². The van der Waals surface area contributed by atoms with E-state index < -0.39 is 7.05 Å². The van der Waals surface area contributed by atoms with Crippen molar-refractivity contribution in [3.63, 3.8) is 0 Å². The minimum Gasteiger partial charge on any atom is -0.276 e. The number of para-hydroxylation sites is 1. The van der Waals surface area contributed by atoms with Gasteiger partial charge in [-0.3, -0.25) is 5.43 Å². The SMILES string of the molecule is c1ccc(N/N=C(\N=P(c2ccccc2)(c2ccccc2)c2ccccc2)c2ccccc2)cc1. The number of amidine groups is 1. The second kappa shape index (κ2) is 10.8. The zero-order valence-electron chi connectivity index (χ0n) is 19.3. The van der Waals surface area contributed by atoms with Crippen LogP contribution in [0.1, 0.15) is 5.56 Å². The summed E-state index contributed by atoms with van der Waals surface area (Å²) in [7, 11) is -2.44. The average Bonchev–Trinajstić information content (AvgIpc) is 2.96. The molecule has 0 atom stereocenters. The zero-order valence-corrected chi connectivity index (χ0v) is 20.2. The van der Waals surface area contributed by atoms with Crippen molar-refractivity contribution < 1.29 is 0 Å². The van der Waals surface area contributed by atoms with Gasteiger partial charge in [-0.1, -0.05) is 140 Å². The molecule has 0 bridgehead atoms. The Morgan fingerprint density at radius 1 is 0.457 bits per heavy atom. The van der Waals surface area contributed by atoms with E-state index in [1.807, 2.05) is 48.5 Å². The smallest absolute Gasteiger partial charge is 0.178 e. The summed E-state index contributed by atoms with van der Waals surface area (Å²) in [5, 5.41) is 8.40. The van der Waals surface area contributed by atoms with E-state index in [2.05, 4.69) is 109 Å². The van der Waals surface area contributed by atoms with E-state index in [9.17, 15) is 0 Å². The summed E-state index contributed by atoms with van der Waals surface area (Å²) in [6.45, 7) is 0. The summed E-state index contributed by atoms with van der Waals surface area (Å²) in [6.07, 6.45) is 0. The van der Waals surface area contributed by atoms with Crippen LogP contribution in [0.3, 0.4) is 0 Å². The van der Waals surface area contributed by atoms with Gasteiger partial charge in [0.25, 0.3) is 0 Å². The van der Waals surface area contributed by atoms with Crippen LogP contribution < -0.4 is 21.3 Å². The Hall–Kier alpha value is -4.20. The highest BCUT2D eigenvalue weighted by Gasteiger charge is 2.28. The number of rotatable bonds is 6. The first-order valence-electron chi connectivity index (χ1n) is 11.6. The van der Waals surface area contributed by atoms with Crippen LogP contribution in [-0.4, -0.2) is 5.84 Å². The predicted octanol–water partition coefficient (Wildman–Crippen LogP) is 6.64. The van der Waals surface area contributed by atoms with E-state index in [0.717, 1.165) is 11.3 Å². The van der Waals surface area contributed by atoms with E-state index >= 15 is 0 Å². The second-order valence-electron chi connectivity index (χ2n) is 8.02. The molecule has 0 saturated heterocycles. The summed E-state index contributed by atoms with van der Waals surface area (Å²) < 4.78 is 5.60. The summed E-state index contributed by atoms with van der Waals surface area (Å²) in [5.41, 5.74) is 5.11. The molecule has 0 aliphatic rings. The molecular weight excluding hydrogens is 445 g/mol. The van der Waals surface area contributed by atoms with E-state index in [0.29, 0.717) is 5.84 Å². The first-order chi connectivity index (χ1) is 17.4. The van der Waals surface area contributed by atoms with Crippen molar-refractivity contribution >= 4 is 34.5 Å². The summed E-state index contributed by atoms with van der Waals surface area (Å²) >= 11 is 0. The van der Waals surface area contributed by atoms with Gasteiger partial charge < -0.3 is 0 Å². The molecule has 0 fully saturated rings. The lowest BCUT2D eigenvalue weighted by Gasteiger charge is -2.27. The number of nitrogens with zero attached hydrogens (tertiary/aromatic N) is 2. The number of hydrazone groups is 1. The molecular formula is C31H26N3P. The van der Waals surface area contributed by atoms with Gasteiger partial charge in [0.05, 0.1) is 12.7 Å². The van der Waals surface area contributed by atoms with Crippen LogP contribution in [0.25, 0.3) is 0 Å². The molecule has 0 radical (unpaired) electrons. The van der Waals surface area contributed by atoms with Gasteiger partial charge in [0.15, 0.2) is 5.84 Å². The highest BCUT2D eigenvalue weighted by atomic mass is 31.2. The Morgan fingerprint density at radius 2 is 0.829 bits per heavy atom. The van der Waals surface area contributed by atoms with Gasteiger partial charge in [0.1, 0.15) is 0 Å². The lowest BCUT2D eigenvalue weighted by Crippen LogP contribution is -2.26. The van der Waals surface area contributed by atoms with Crippen molar-refractivity contribution in [2.45, 2.75) is 0 Å². The summed E-state index contributed by atoms with van der Waals surface area (Å²) in [5.74, 6) is 0.666. The first-order valence-corrected chi connectivity index (χ1v) is 13.3. The van der Waals surface area contributed by atoms with Gasteiger partial charge in [-0.05, 0) is 12.1 Å². The fourth-order valence-electron chi connectivity index (χ4n) is 4.06. The van der Waals surface area contributed by atoms with Gasteiger partial charge in [-0.25, -0.2) is 4.74 Å². The van der Waals surface area contributed by atoms with Crippen LogP contribution in [0.15, 0.2) is 162 Å². The van der Waals surface area contributed by atoms with Gasteiger partial charge in [-0.2, -0.15) is 5.10 Å². The molecule has 0 heterocycles. The fraction of sp³-hybridized carbons (Fsp3) is 0. The monoisotopic (exact) mass is 471 g/mol. The van der Waals surface area contributed by atoms with Gasteiger partial charge >= 0.3 is 0 Å². The third-order valence-electron chi connectivity index (χ3n) is 5.73. The van der Waals surface area contributed by atoms with Crippen molar-refractivity contribution in [1.29, 1.82) is 0 Å². The molecule has 4 heteroatoms. The van der Waals surface area contributed by atoms with Crippen molar-refractivity contribution in [1.82, 2.24) is 0 Å². The van der Waals surface area contributed by atoms with Crippen LogP contribution in [0.4, 0.5) is 5.69 Å². The Bertz CT molecular complexity index is 1330. The number of benzene rings is 5. The zero-order chi connectivity index (χ0) is 23.8. The molecule has 0 aliphatic carbocycles. The first kappa shape index (κ1) is 22.6. The molecule has 170 valence electrons. The lowest BCUT2D eigenvalue weighted by atomic mass is 10.2. The molecule has 0 aliphatic heterocycles. The minimum absolute atomic E-state index is 0.666. The standard InChI is InChI=1S/C31H26N3P/c1-6-16-26(17-7-1)31(33-32-27-18-8-2-9-19-27)34-35(28-20-10-3-11-21-28,29-22-12-4-13-23-29)30-24-14-5-15-25-30/h1-25,32H/b33-31-. The third-order valence-corrected chi connectivity index (χ3v) is 9.36. The van der Waals surface area contributed by atoms with E-state index in [4.69, 9.17) is 9.85 Å². The average molecular weight is 472 g/mol. The van der Waals surface area contributed by atoms with Crippen LogP contribution in [0, 0.1) is 0 Å². The molecule has 5 rings (SSSR count). The van der Waals surface area contributed by atoms with E-state index in [1.54, 1.807) is 0 Å². The number of hydrogen-bond acceptors (Lipinski definition) is 2. The lowest BCUT2D eigenvalue weighted by molar-refractivity contribution is 1.31. The van der Waals surface area contributed by atoms with E-state index in [1.165, 1.54) is 15.9 Å².